The zero-order valence-corrected chi connectivity index (χ0v) is 43.0. The largest absolute Gasteiger partial charge is 0.345 e. The Morgan fingerprint density at radius 1 is 0.809 bits per heavy atom. The van der Waals surface area contributed by atoms with Gasteiger partial charge >= 0.3 is 0 Å². The lowest BCUT2D eigenvalue weighted by atomic mass is 9.80. The molecule has 8 rings (SSSR count). The Hall–Kier alpha value is -4.59. The average molecular weight is 976 g/mol. The zero-order chi connectivity index (χ0) is 48.2. The van der Waals surface area contributed by atoms with Gasteiger partial charge in [0.15, 0.2) is 0 Å². The van der Waals surface area contributed by atoms with Gasteiger partial charge in [0.05, 0.1) is 27.1 Å². The first kappa shape index (κ1) is 51.3. The molecule has 12 heteroatoms. The van der Waals surface area contributed by atoms with Gasteiger partial charge in [0.1, 0.15) is 16.7 Å². The Kier molecular flexibility index (Phi) is 18.7. The minimum Gasteiger partial charge on any atom is -0.345 e. The predicted octanol–water partition coefficient (Wildman–Crippen LogP) is 14.0. The van der Waals surface area contributed by atoms with Crippen LogP contribution < -0.4 is 0 Å². The number of nitrogens with zero attached hydrogens (tertiary/aromatic N) is 5. The summed E-state index contributed by atoms with van der Waals surface area (Å²) in [7, 11) is 3.60. The normalized spacial score (nSPS) is 16.4. The molecule has 360 valence electrons. The summed E-state index contributed by atoms with van der Waals surface area (Å²) < 4.78 is 28.1. The number of hydrogen-bond acceptors (Lipinski definition) is 9. The molecule has 0 aliphatic carbocycles. The van der Waals surface area contributed by atoms with Crippen LogP contribution in [-0.2, 0) is 6.54 Å². The SMILES string of the molecule is CCCCCC(Sc1nc(C(C)C)ccc1C(=O)c1cccs1)N1CCCCC1C(c1ccc(F)cc1)c1ccc(F)cc1.Cc1ccc(C(=O)N(C)C)c(C2CCN(Cc3ccsc3)CC2)n1. The molecule has 4 aromatic heterocycles. The topological polar surface area (TPSA) is 69.6 Å². The molecule has 0 bridgehead atoms. The van der Waals surface area contributed by atoms with Crippen molar-refractivity contribution in [2.45, 2.75) is 126 Å². The molecule has 6 heterocycles. The number of amides is 1. The van der Waals surface area contributed by atoms with Crippen molar-refractivity contribution in [3.05, 3.63) is 169 Å². The number of halogens is 2. The Bertz CT molecular complexity index is 2460. The third kappa shape index (κ3) is 13.4. The van der Waals surface area contributed by atoms with Crippen LogP contribution in [0.5, 0.6) is 0 Å². The summed E-state index contributed by atoms with van der Waals surface area (Å²) in [6.45, 7) is 12.6. The lowest BCUT2D eigenvalue weighted by Crippen LogP contribution is -2.48. The van der Waals surface area contributed by atoms with Crippen molar-refractivity contribution in [2.24, 2.45) is 0 Å². The van der Waals surface area contributed by atoms with E-state index in [1.165, 1.54) is 41.2 Å². The number of carbonyl (C=O) groups is 2. The highest BCUT2D eigenvalue weighted by Crippen LogP contribution is 2.42. The van der Waals surface area contributed by atoms with E-state index in [1.807, 2.05) is 73.0 Å². The maximum Gasteiger partial charge on any atom is 0.255 e. The number of thiophene rings is 2. The lowest BCUT2D eigenvalue weighted by Gasteiger charge is -2.45. The summed E-state index contributed by atoms with van der Waals surface area (Å²) in [5.74, 6) is 0.109. The molecule has 2 atom stereocenters. The number of piperidine rings is 2. The molecule has 2 aliphatic heterocycles. The van der Waals surface area contributed by atoms with E-state index in [1.54, 1.807) is 42.1 Å². The quantitative estimate of drug-likeness (QED) is 0.0512. The van der Waals surface area contributed by atoms with E-state index in [9.17, 15) is 18.4 Å². The summed E-state index contributed by atoms with van der Waals surface area (Å²) in [5, 5.41) is 7.19. The molecule has 0 saturated carbocycles. The van der Waals surface area contributed by atoms with Crippen molar-refractivity contribution in [3.8, 4) is 0 Å². The zero-order valence-electron chi connectivity index (χ0n) is 40.5. The molecular weight excluding hydrogens is 909 g/mol. The molecule has 6 aromatic rings. The van der Waals surface area contributed by atoms with E-state index >= 15 is 0 Å². The monoisotopic (exact) mass is 975 g/mol. The Morgan fingerprint density at radius 3 is 2.10 bits per heavy atom. The second-order valence-electron chi connectivity index (χ2n) is 18.8. The lowest BCUT2D eigenvalue weighted by molar-refractivity contribution is 0.0824. The first-order valence-corrected chi connectivity index (χ1v) is 27.0. The van der Waals surface area contributed by atoms with E-state index in [-0.39, 0.29) is 46.6 Å². The fraction of sp³-hybridized carbons (Fsp3) is 0.429. The minimum absolute atomic E-state index is 0.0170. The molecule has 2 saturated heterocycles. The number of likely N-dealkylation sites (tertiary alicyclic amines) is 2. The molecule has 7 nitrogen and oxygen atoms in total. The van der Waals surface area contributed by atoms with E-state index in [0.29, 0.717) is 11.5 Å². The van der Waals surface area contributed by atoms with Crippen molar-refractivity contribution < 1.29 is 18.4 Å². The Morgan fingerprint density at radius 2 is 1.50 bits per heavy atom. The number of benzene rings is 2. The summed E-state index contributed by atoms with van der Waals surface area (Å²) in [6.07, 6.45) is 9.58. The Balaban J connectivity index is 0.000000240. The predicted molar refractivity (Wildman–Crippen MR) is 277 cm³/mol. The number of hydrogen-bond donors (Lipinski definition) is 0. The van der Waals surface area contributed by atoms with Crippen molar-refractivity contribution in [3.63, 3.8) is 0 Å². The van der Waals surface area contributed by atoms with E-state index in [0.717, 1.165) is 128 Å². The number of pyridine rings is 2. The van der Waals surface area contributed by atoms with Crippen LogP contribution in [0.3, 0.4) is 0 Å². The molecule has 2 aromatic carbocycles. The molecule has 1 amide bonds. The second-order valence-corrected chi connectivity index (χ2v) is 21.7. The van der Waals surface area contributed by atoms with Crippen LogP contribution in [0.25, 0.3) is 0 Å². The van der Waals surface area contributed by atoms with Gasteiger partial charge in [-0.15, -0.1) is 11.3 Å². The number of rotatable bonds is 17. The number of aryl methyl sites for hydroxylation is 1. The molecule has 2 fully saturated rings. The molecule has 68 heavy (non-hydrogen) atoms. The molecular formula is C56H67F2N5O2S3. The van der Waals surface area contributed by atoms with Crippen molar-refractivity contribution in [2.75, 3.05) is 33.7 Å². The smallest absolute Gasteiger partial charge is 0.255 e. The highest BCUT2D eigenvalue weighted by atomic mass is 32.2. The highest BCUT2D eigenvalue weighted by molar-refractivity contribution is 7.99. The van der Waals surface area contributed by atoms with Crippen LogP contribution >= 0.6 is 34.4 Å². The van der Waals surface area contributed by atoms with Gasteiger partial charge in [-0.3, -0.25) is 24.4 Å². The van der Waals surface area contributed by atoms with Gasteiger partial charge in [-0.1, -0.05) is 88.5 Å². The van der Waals surface area contributed by atoms with Crippen molar-refractivity contribution >= 4 is 46.1 Å². The number of carbonyl (C=O) groups excluding carboxylic acids is 2. The van der Waals surface area contributed by atoms with Gasteiger partial charge < -0.3 is 4.90 Å². The fourth-order valence-electron chi connectivity index (χ4n) is 9.56. The maximum absolute atomic E-state index is 14.1. The highest BCUT2D eigenvalue weighted by Gasteiger charge is 2.37. The molecule has 2 unspecified atom stereocenters. The standard InChI is InChI=1S/C37H42F2N2OS2.C19H25N3OS/c1-4-5-6-12-34(44-37-30(21-22-31(40-37)25(2)3)36(42)33-11-9-24-43-33)41-23-8-7-10-32(41)35(26-13-17-28(38)18-14-26)27-15-19-29(39)20-16-27;1-14-4-5-17(19(23)21(2)3)18(20-14)16-6-9-22(10-7-16)12-15-8-11-24-13-15/h9,11,13-22,24-25,32,34-35H,4-8,10,12,23H2,1-3H3;4-5,8,11,13,16H,6-7,9-10,12H2,1-3H3. The van der Waals surface area contributed by atoms with Crippen LogP contribution in [0.15, 0.2) is 112 Å². The van der Waals surface area contributed by atoms with Gasteiger partial charge in [0.2, 0.25) is 5.78 Å². The fourth-order valence-corrected chi connectivity index (χ4v) is 12.3. The average Bonchev–Trinajstić information content (AvgIpc) is 4.09. The van der Waals surface area contributed by atoms with Gasteiger partial charge in [0, 0.05) is 49.9 Å². The van der Waals surface area contributed by atoms with Gasteiger partial charge in [-0.25, -0.2) is 13.8 Å². The Labute approximate surface area is 415 Å². The molecule has 0 radical (unpaired) electrons. The van der Waals surface area contributed by atoms with Crippen LogP contribution in [-0.4, -0.2) is 81.5 Å². The van der Waals surface area contributed by atoms with E-state index < -0.39 is 0 Å². The summed E-state index contributed by atoms with van der Waals surface area (Å²) in [6, 6.07) is 27.6. The van der Waals surface area contributed by atoms with E-state index in [4.69, 9.17) is 9.97 Å². The number of thioether (sulfide) groups is 1. The van der Waals surface area contributed by atoms with Gasteiger partial charge in [-0.2, -0.15) is 11.3 Å². The van der Waals surface area contributed by atoms with Crippen LogP contribution in [0.4, 0.5) is 8.78 Å². The van der Waals surface area contributed by atoms with Crippen LogP contribution in [0, 0.1) is 18.6 Å². The summed E-state index contributed by atoms with van der Waals surface area (Å²) in [5.41, 5.74) is 7.83. The molecule has 2 aliphatic rings. The van der Waals surface area contributed by atoms with Crippen LogP contribution in [0.2, 0.25) is 0 Å². The second kappa shape index (κ2) is 24.8. The minimum atomic E-state index is -0.265. The molecule has 0 N–H and O–H groups in total. The summed E-state index contributed by atoms with van der Waals surface area (Å²) >= 11 is 4.94. The molecule has 0 spiro atoms. The van der Waals surface area contributed by atoms with E-state index in [2.05, 4.69) is 47.4 Å². The summed E-state index contributed by atoms with van der Waals surface area (Å²) in [4.78, 5) is 43.5. The van der Waals surface area contributed by atoms with Crippen molar-refractivity contribution in [1.82, 2.24) is 24.7 Å². The number of unbranched alkanes of at least 4 members (excludes halogenated alkanes) is 2. The van der Waals surface area contributed by atoms with Crippen molar-refractivity contribution in [1.29, 1.82) is 0 Å². The van der Waals surface area contributed by atoms with Gasteiger partial charge in [-0.05, 0) is 158 Å². The first-order valence-electron chi connectivity index (χ1n) is 24.3. The maximum atomic E-state index is 14.1. The third-order valence-electron chi connectivity index (χ3n) is 13.2. The van der Waals surface area contributed by atoms with Crippen LogP contribution in [0.1, 0.15) is 156 Å². The third-order valence-corrected chi connectivity index (χ3v) is 16.1. The number of ketones is 1. The first-order chi connectivity index (χ1) is 32.9. The van der Waals surface area contributed by atoms with Gasteiger partial charge in [0.25, 0.3) is 5.91 Å². The number of aromatic nitrogens is 2.